The molecule has 25 heavy (non-hydrogen) atoms. The van der Waals surface area contributed by atoms with Gasteiger partial charge >= 0.3 is 6.09 Å². The van der Waals surface area contributed by atoms with Gasteiger partial charge in [-0.2, -0.15) is 4.98 Å². The highest BCUT2D eigenvalue weighted by Crippen LogP contribution is 2.32. The van der Waals surface area contributed by atoms with Crippen molar-refractivity contribution in [3.8, 4) is 0 Å². The van der Waals surface area contributed by atoms with Crippen molar-refractivity contribution in [2.24, 2.45) is 0 Å². The number of halogens is 1. The second-order valence-electron chi connectivity index (χ2n) is 7.02. The Balaban J connectivity index is 1.89. The number of hydrogen-bond acceptors (Lipinski definition) is 6. The maximum Gasteiger partial charge on any atom is 0.412 e. The minimum atomic E-state index is -0.590. The maximum absolute atomic E-state index is 12.1. The van der Waals surface area contributed by atoms with Gasteiger partial charge in [-0.25, -0.2) is 4.79 Å². The molecule has 0 radical (unpaired) electrons. The van der Waals surface area contributed by atoms with Crippen LogP contribution < -0.4 is 15.5 Å². The third kappa shape index (κ3) is 4.55. The van der Waals surface area contributed by atoms with Crippen LogP contribution in [0.1, 0.15) is 27.2 Å². The van der Waals surface area contributed by atoms with Crippen LogP contribution in [0.25, 0.3) is 11.1 Å². The van der Waals surface area contributed by atoms with E-state index >= 15 is 0 Å². The SMILES string of the molecule is CC(C)(C)OC(=O)Nc1cc(Cl)cc2nc(N3CCCNCC3)oc12. The van der Waals surface area contributed by atoms with Gasteiger partial charge in [-0.05, 0) is 45.9 Å². The monoisotopic (exact) mass is 366 g/mol. The molecule has 1 aromatic heterocycles. The van der Waals surface area contributed by atoms with Gasteiger partial charge in [-0.1, -0.05) is 11.6 Å². The number of rotatable bonds is 2. The molecule has 0 spiro atoms. The van der Waals surface area contributed by atoms with Gasteiger partial charge in [0.15, 0.2) is 5.58 Å². The van der Waals surface area contributed by atoms with Crippen molar-refractivity contribution in [2.45, 2.75) is 32.8 Å². The largest absolute Gasteiger partial charge is 0.444 e. The number of hydrogen-bond donors (Lipinski definition) is 2. The summed E-state index contributed by atoms with van der Waals surface area (Å²) in [5.41, 5.74) is 0.949. The van der Waals surface area contributed by atoms with Crippen LogP contribution in [0.4, 0.5) is 16.5 Å². The van der Waals surface area contributed by atoms with E-state index in [0.717, 1.165) is 32.6 Å². The Morgan fingerprint density at radius 3 is 2.92 bits per heavy atom. The van der Waals surface area contributed by atoms with Crippen LogP contribution in [-0.4, -0.2) is 42.9 Å². The van der Waals surface area contributed by atoms with Crippen LogP contribution in [0.15, 0.2) is 16.5 Å². The van der Waals surface area contributed by atoms with Gasteiger partial charge < -0.3 is 19.4 Å². The molecule has 3 rings (SSSR count). The van der Waals surface area contributed by atoms with Crippen LogP contribution in [0.5, 0.6) is 0 Å². The summed E-state index contributed by atoms with van der Waals surface area (Å²) in [6.45, 7) is 8.95. The summed E-state index contributed by atoms with van der Waals surface area (Å²) in [7, 11) is 0. The molecule has 8 heteroatoms. The maximum atomic E-state index is 12.1. The second kappa shape index (κ2) is 7.09. The molecule has 0 unspecified atom stereocenters. The number of amides is 1. The number of aromatic nitrogens is 1. The Bertz CT molecular complexity index is 761. The normalized spacial score (nSPS) is 15.9. The molecule has 1 amide bonds. The Morgan fingerprint density at radius 2 is 2.16 bits per heavy atom. The first-order chi connectivity index (χ1) is 11.8. The lowest BCUT2D eigenvalue weighted by Crippen LogP contribution is -2.28. The summed E-state index contributed by atoms with van der Waals surface area (Å²) in [6.07, 6.45) is 0.454. The molecule has 7 nitrogen and oxygen atoms in total. The summed E-state index contributed by atoms with van der Waals surface area (Å²) in [5.74, 6) is 0. The van der Waals surface area contributed by atoms with E-state index in [2.05, 4.69) is 20.5 Å². The summed E-state index contributed by atoms with van der Waals surface area (Å²) in [4.78, 5) is 18.7. The van der Waals surface area contributed by atoms with Gasteiger partial charge in [0.05, 0.1) is 5.69 Å². The molecule has 1 fully saturated rings. The molecule has 2 heterocycles. The quantitative estimate of drug-likeness (QED) is 0.844. The zero-order valence-electron chi connectivity index (χ0n) is 14.7. The fourth-order valence-corrected chi connectivity index (χ4v) is 2.88. The Kier molecular flexibility index (Phi) is 5.06. The first kappa shape index (κ1) is 17.8. The zero-order valence-corrected chi connectivity index (χ0v) is 15.4. The van der Waals surface area contributed by atoms with E-state index in [-0.39, 0.29) is 0 Å². The summed E-state index contributed by atoms with van der Waals surface area (Å²) in [6, 6.07) is 3.89. The number of nitrogens with zero attached hydrogens (tertiary/aromatic N) is 2. The molecule has 136 valence electrons. The second-order valence-corrected chi connectivity index (χ2v) is 7.45. The number of carbonyl (C=O) groups excluding carboxylic acids is 1. The molecular formula is C17H23ClN4O3. The molecule has 1 aromatic carbocycles. The molecule has 2 N–H and O–H groups in total. The minimum Gasteiger partial charge on any atom is -0.444 e. The molecule has 2 aromatic rings. The molecule has 0 saturated carbocycles. The number of fused-ring (bicyclic) bond motifs is 1. The average Bonchev–Trinajstić information content (AvgIpc) is 2.73. The molecule has 1 saturated heterocycles. The number of ether oxygens (including phenoxy) is 1. The number of nitrogens with one attached hydrogen (secondary N) is 2. The van der Waals surface area contributed by atoms with E-state index in [1.165, 1.54) is 0 Å². The van der Waals surface area contributed by atoms with Crippen molar-refractivity contribution >= 4 is 40.5 Å². The van der Waals surface area contributed by atoms with Crippen molar-refractivity contribution in [3.63, 3.8) is 0 Å². The Labute approximate surface area is 151 Å². The van der Waals surface area contributed by atoms with Crippen LogP contribution in [0, 0.1) is 0 Å². The van der Waals surface area contributed by atoms with E-state index in [9.17, 15) is 4.79 Å². The first-order valence-electron chi connectivity index (χ1n) is 8.37. The first-order valence-corrected chi connectivity index (χ1v) is 8.75. The highest BCUT2D eigenvalue weighted by atomic mass is 35.5. The highest BCUT2D eigenvalue weighted by Gasteiger charge is 2.21. The fraction of sp³-hybridized carbons (Fsp3) is 0.529. The number of carbonyl (C=O) groups is 1. The molecule has 0 bridgehead atoms. The molecular weight excluding hydrogens is 344 g/mol. The lowest BCUT2D eigenvalue weighted by Gasteiger charge is -2.19. The van der Waals surface area contributed by atoms with Gasteiger partial charge in [0.2, 0.25) is 0 Å². The number of anilines is 2. The van der Waals surface area contributed by atoms with Crippen molar-refractivity contribution in [2.75, 3.05) is 36.4 Å². The van der Waals surface area contributed by atoms with Crippen molar-refractivity contribution in [1.82, 2.24) is 10.3 Å². The third-order valence-electron chi connectivity index (χ3n) is 3.69. The van der Waals surface area contributed by atoms with Crippen LogP contribution in [0.3, 0.4) is 0 Å². The summed E-state index contributed by atoms with van der Waals surface area (Å²) >= 11 is 6.16. The minimum absolute atomic E-state index is 0.448. The molecule has 1 aliphatic rings. The van der Waals surface area contributed by atoms with E-state index in [4.69, 9.17) is 20.8 Å². The van der Waals surface area contributed by atoms with E-state index in [1.807, 2.05) is 0 Å². The Hall–Kier alpha value is -1.99. The van der Waals surface area contributed by atoms with Crippen LogP contribution >= 0.6 is 11.6 Å². The van der Waals surface area contributed by atoms with Crippen molar-refractivity contribution < 1.29 is 13.9 Å². The Morgan fingerprint density at radius 1 is 1.36 bits per heavy atom. The lowest BCUT2D eigenvalue weighted by atomic mass is 10.2. The van der Waals surface area contributed by atoms with E-state index < -0.39 is 11.7 Å². The average molecular weight is 367 g/mol. The standard InChI is InChI=1S/C17H23ClN4O3/c1-17(2,3)25-16(23)21-13-10-11(18)9-12-14(13)24-15(20-12)22-7-4-5-19-6-8-22/h9-10,19H,4-8H2,1-3H3,(H,21,23). The fourth-order valence-electron chi connectivity index (χ4n) is 2.67. The molecule has 0 atom stereocenters. The predicted molar refractivity (Wildman–Crippen MR) is 98.6 cm³/mol. The van der Waals surface area contributed by atoms with Gasteiger partial charge in [0.1, 0.15) is 11.1 Å². The number of benzene rings is 1. The van der Waals surface area contributed by atoms with Crippen LogP contribution in [0.2, 0.25) is 5.02 Å². The molecule has 1 aliphatic heterocycles. The van der Waals surface area contributed by atoms with E-state index in [1.54, 1.807) is 32.9 Å². The lowest BCUT2D eigenvalue weighted by molar-refractivity contribution is 0.0636. The van der Waals surface area contributed by atoms with Crippen molar-refractivity contribution in [3.05, 3.63) is 17.2 Å². The molecule has 0 aliphatic carbocycles. The summed E-state index contributed by atoms with van der Waals surface area (Å²) < 4.78 is 11.2. The van der Waals surface area contributed by atoms with Gasteiger partial charge in [0.25, 0.3) is 6.01 Å². The third-order valence-corrected chi connectivity index (χ3v) is 3.91. The summed E-state index contributed by atoms with van der Waals surface area (Å²) in [5, 5.41) is 6.51. The van der Waals surface area contributed by atoms with Crippen LogP contribution in [-0.2, 0) is 4.74 Å². The van der Waals surface area contributed by atoms with Gasteiger partial charge in [-0.3, -0.25) is 5.32 Å². The predicted octanol–water partition coefficient (Wildman–Crippen LogP) is 3.63. The topological polar surface area (TPSA) is 79.6 Å². The van der Waals surface area contributed by atoms with Crippen molar-refractivity contribution in [1.29, 1.82) is 0 Å². The van der Waals surface area contributed by atoms with E-state index in [0.29, 0.717) is 27.8 Å². The zero-order chi connectivity index (χ0) is 18.0. The highest BCUT2D eigenvalue weighted by molar-refractivity contribution is 6.31. The smallest absolute Gasteiger partial charge is 0.412 e. The van der Waals surface area contributed by atoms with Gasteiger partial charge in [-0.15, -0.1) is 0 Å². The number of oxazole rings is 1. The van der Waals surface area contributed by atoms with Gasteiger partial charge in [0, 0.05) is 24.7 Å².